The van der Waals surface area contributed by atoms with Crippen molar-refractivity contribution in [2.75, 3.05) is 0 Å². The molecule has 0 amide bonds. The van der Waals surface area contributed by atoms with E-state index in [0.717, 1.165) is 29.9 Å². The largest absolute Gasteiger partial charge is 0.327 e. The van der Waals surface area contributed by atoms with Gasteiger partial charge in [0.1, 0.15) is 5.82 Å². The van der Waals surface area contributed by atoms with Crippen LogP contribution in [-0.2, 0) is 6.42 Å². The molecule has 4 nitrogen and oxygen atoms in total. The third-order valence-corrected chi connectivity index (χ3v) is 4.16. The molecule has 2 aliphatic rings. The number of hydrogen-bond acceptors (Lipinski definition) is 3. The molecule has 15 heavy (non-hydrogen) atoms. The van der Waals surface area contributed by atoms with Crippen molar-refractivity contribution in [3.63, 3.8) is 0 Å². The number of nitrogens with two attached hydrogens (primary N) is 1. The Kier molecular flexibility index (Phi) is 2.06. The summed E-state index contributed by atoms with van der Waals surface area (Å²) >= 11 is 0. The lowest BCUT2D eigenvalue weighted by molar-refractivity contribution is 0.355. The predicted molar refractivity (Wildman–Crippen MR) is 57.3 cm³/mol. The molecule has 1 heterocycles. The molecule has 4 unspecified atom stereocenters. The number of nitrogens with one attached hydrogen (secondary N) is 1. The molecule has 82 valence electrons. The number of fused-ring (bicyclic) bond motifs is 2. The Morgan fingerprint density at radius 2 is 2.20 bits per heavy atom. The van der Waals surface area contributed by atoms with Crippen LogP contribution in [0.4, 0.5) is 0 Å². The van der Waals surface area contributed by atoms with E-state index in [1.54, 1.807) is 0 Å². The van der Waals surface area contributed by atoms with Crippen molar-refractivity contribution in [3.8, 4) is 0 Å². The van der Waals surface area contributed by atoms with E-state index in [1.165, 1.54) is 19.3 Å². The maximum Gasteiger partial charge on any atom is 0.155 e. The summed E-state index contributed by atoms with van der Waals surface area (Å²) in [6, 6.07) is 0.296. The number of rotatable bonds is 2. The van der Waals surface area contributed by atoms with Gasteiger partial charge in [0.25, 0.3) is 0 Å². The molecule has 0 radical (unpaired) electrons. The molecule has 2 bridgehead atoms. The summed E-state index contributed by atoms with van der Waals surface area (Å²) in [6.07, 6.45) is 4.84. The molecule has 4 atom stereocenters. The van der Waals surface area contributed by atoms with Crippen LogP contribution in [0.15, 0.2) is 0 Å². The minimum Gasteiger partial charge on any atom is -0.327 e. The first-order valence-corrected chi connectivity index (χ1v) is 5.96. The fraction of sp³-hybridized carbons (Fsp3) is 0.818. The quantitative estimate of drug-likeness (QED) is 0.764. The molecular weight excluding hydrogens is 188 g/mol. The Morgan fingerprint density at radius 3 is 2.80 bits per heavy atom. The Bertz CT molecular complexity index is 357. The molecule has 2 aliphatic carbocycles. The zero-order chi connectivity index (χ0) is 10.4. The van der Waals surface area contributed by atoms with Gasteiger partial charge in [-0.15, -0.1) is 0 Å². The van der Waals surface area contributed by atoms with Crippen molar-refractivity contribution in [2.24, 2.45) is 17.6 Å². The van der Waals surface area contributed by atoms with Gasteiger partial charge < -0.3 is 5.73 Å². The Balaban J connectivity index is 1.87. The second kappa shape index (κ2) is 3.30. The second-order valence-corrected chi connectivity index (χ2v) is 4.93. The highest BCUT2D eigenvalue weighted by atomic mass is 15.2. The molecule has 1 aromatic rings. The van der Waals surface area contributed by atoms with Crippen molar-refractivity contribution in [1.82, 2.24) is 15.2 Å². The lowest BCUT2D eigenvalue weighted by Gasteiger charge is -2.25. The van der Waals surface area contributed by atoms with Gasteiger partial charge in [0.2, 0.25) is 0 Å². The average molecular weight is 206 g/mol. The zero-order valence-corrected chi connectivity index (χ0v) is 9.11. The zero-order valence-electron chi connectivity index (χ0n) is 9.11. The Morgan fingerprint density at radius 1 is 1.40 bits per heavy atom. The van der Waals surface area contributed by atoms with Gasteiger partial charge in [-0.3, -0.25) is 5.10 Å². The molecule has 3 N–H and O–H groups in total. The third-order valence-electron chi connectivity index (χ3n) is 4.16. The van der Waals surface area contributed by atoms with Crippen LogP contribution >= 0.6 is 0 Å². The summed E-state index contributed by atoms with van der Waals surface area (Å²) in [6.45, 7) is 2.09. The van der Waals surface area contributed by atoms with Crippen LogP contribution < -0.4 is 5.73 Å². The summed E-state index contributed by atoms with van der Waals surface area (Å²) in [5.41, 5.74) is 6.25. The molecule has 4 heteroatoms. The third kappa shape index (κ3) is 1.31. The number of nitrogens with zero attached hydrogens (tertiary/aromatic N) is 2. The van der Waals surface area contributed by atoms with E-state index in [4.69, 9.17) is 5.73 Å². The van der Waals surface area contributed by atoms with Crippen LogP contribution in [0.3, 0.4) is 0 Å². The highest BCUT2D eigenvalue weighted by molar-refractivity contribution is 5.13. The topological polar surface area (TPSA) is 67.6 Å². The molecule has 1 aromatic heterocycles. The van der Waals surface area contributed by atoms with Gasteiger partial charge in [-0.05, 0) is 31.1 Å². The first-order chi connectivity index (χ1) is 7.29. The first-order valence-electron chi connectivity index (χ1n) is 5.96. The molecule has 0 spiro atoms. The van der Waals surface area contributed by atoms with E-state index < -0.39 is 0 Å². The van der Waals surface area contributed by atoms with E-state index in [9.17, 15) is 0 Å². The molecule has 3 rings (SSSR count). The predicted octanol–water partition coefficient (Wildman–Crippen LogP) is 1.21. The lowest BCUT2D eigenvalue weighted by Crippen LogP contribution is -2.34. The van der Waals surface area contributed by atoms with Crippen LogP contribution in [0.5, 0.6) is 0 Å². The Hall–Kier alpha value is -0.900. The SMILES string of the molecule is CCc1nc(C2C3CCC(C3)C2N)n[nH]1. The van der Waals surface area contributed by atoms with Crippen LogP contribution in [0.25, 0.3) is 0 Å². The summed E-state index contributed by atoms with van der Waals surface area (Å²) < 4.78 is 0. The number of H-pyrrole nitrogens is 1. The molecule has 2 fully saturated rings. The van der Waals surface area contributed by atoms with Gasteiger partial charge in [0, 0.05) is 18.4 Å². The van der Waals surface area contributed by atoms with E-state index in [1.807, 2.05) is 0 Å². The maximum atomic E-state index is 6.25. The highest BCUT2D eigenvalue weighted by Gasteiger charge is 2.47. The van der Waals surface area contributed by atoms with Crippen molar-refractivity contribution >= 4 is 0 Å². The number of hydrogen-bond donors (Lipinski definition) is 2. The summed E-state index contributed by atoms with van der Waals surface area (Å²) in [5, 5.41) is 7.32. The fourth-order valence-electron chi connectivity index (χ4n) is 3.34. The summed E-state index contributed by atoms with van der Waals surface area (Å²) in [7, 11) is 0. The minimum atomic E-state index is 0.296. The lowest BCUT2D eigenvalue weighted by atomic mass is 9.84. The van der Waals surface area contributed by atoms with Gasteiger partial charge in [-0.1, -0.05) is 6.92 Å². The molecular formula is C11H18N4. The van der Waals surface area contributed by atoms with Crippen molar-refractivity contribution in [1.29, 1.82) is 0 Å². The van der Waals surface area contributed by atoms with E-state index in [-0.39, 0.29) is 0 Å². The molecule has 0 aliphatic heterocycles. The van der Waals surface area contributed by atoms with E-state index in [2.05, 4.69) is 22.1 Å². The van der Waals surface area contributed by atoms with Gasteiger partial charge in [-0.25, -0.2) is 4.98 Å². The molecule has 0 saturated heterocycles. The number of aromatic nitrogens is 3. The summed E-state index contributed by atoms with van der Waals surface area (Å²) in [4.78, 5) is 4.53. The van der Waals surface area contributed by atoms with Gasteiger partial charge in [0.15, 0.2) is 5.82 Å². The van der Waals surface area contributed by atoms with Crippen molar-refractivity contribution in [3.05, 3.63) is 11.6 Å². The number of aryl methyl sites for hydroxylation is 1. The Labute approximate surface area is 89.7 Å². The van der Waals surface area contributed by atoms with E-state index >= 15 is 0 Å². The van der Waals surface area contributed by atoms with Gasteiger partial charge >= 0.3 is 0 Å². The monoisotopic (exact) mass is 206 g/mol. The highest BCUT2D eigenvalue weighted by Crippen LogP contribution is 2.51. The average Bonchev–Trinajstić information content (AvgIpc) is 2.90. The smallest absolute Gasteiger partial charge is 0.155 e. The number of aromatic amines is 1. The van der Waals surface area contributed by atoms with Crippen molar-refractivity contribution in [2.45, 2.75) is 44.6 Å². The fourth-order valence-corrected chi connectivity index (χ4v) is 3.34. The van der Waals surface area contributed by atoms with Crippen LogP contribution in [0, 0.1) is 11.8 Å². The van der Waals surface area contributed by atoms with Crippen LogP contribution in [0.1, 0.15) is 43.8 Å². The molecule has 2 saturated carbocycles. The minimum absolute atomic E-state index is 0.296. The molecule has 0 aromatic carbocycles. The maximum absolute atomic E-state index is 6.25. The standard InChI is InChI=1S/C11H18N4/c1-2-8-13-11(15-14-8)9-6-3-4-7(5-6)10(9)12/h6-7,9-10H,2-5,12H2,1H3,(H,13,14,15). The van der Waals surface area contributed by atoms with Crippen LogP contribution in [0.2, 0.25) is 0 Å². The van der Waals surface area contributed by atoms with E-state index in [0.29, 0.717) is 12.0 Å². The summed E-state index contributed by atoms with van der Waals surface area (Å²) in [5.74, 6) is 3.83. The van der Waals surface area contributed by atoms with Gasteiger partial charge in [-0.2, -0.15) is 5.10 Å². The van der Waals surface area contributed by atoms with Crippen LogP contribution in [-0.4, -0.2) is 21.2 Å². The van der Waals surface area contributed by atoms with Gasteiger partial charge in [0.05, 0.1) is 0 Å². The normalized spacial score (nSPS) is 38.8. The first kappa shape index (κ1) is 9.33. The van der Waals surface area contributed by atoms with Crippen molar-refractivity contribution < 1.29 is 0 Å². The second-order valence-electron chi connectivity index (χ2n) is 4.93.